The molecule has 1 aromatic rings. The summed E-state index contributed by atoms with van der Waals surface area (Å²) >= 11 is 0. The van der Waals surface area contributed by atoms with E-state index in [1.165, 1.54) is 224 Å². The van der Waals surface area contributed by atoms with Gasteiger partial charge in [-0.15, -0.1) is 0 Å². The molecular weight excluding hydrogens is 544 g/mol. The molecule has 2 heteroatoms. The van der Waals surface area contributed by atoms with Gasteiger partial charge in [0.1, 0.15) is 5.82 Å². The number of rotatable bonds is 36. The highest BCUT2D eigenvalue weighted by Crippen LogP contribution is 2.31. The standard InChI is InChI=1S/C43H84N2/c1-5-8-11-14-16-18-20-22-24-26-28-30-32-35-38-42(43-44-39-40-45(43)41(4)36-33-13-10-7-3)37-34-31-29-27-25-23-21-19-17-15-12-9-6-2/h39-42H,5-38H2,1-4H3. The first kappa shape index (κ1) is 42.2. The summed E-state index contributed by atoms with van der Waals surface area (Å²) in [5.74, 6) is 2.06. The SMILES string of the molecule is CCCCCCCCCCCCCCCCC(CCCCCCCCCCCCCCC)c1nccn1C(C)CCCCCC. The van der Waals surface area contributed by atoms with Crippen LogP contribution in [0.15, 0.2) is 12.4 Å². The van der Waals surface area contributed by atoms with Crippen molar-refractivity contribution in [2.24, 2.45) is 0 Å². The Hall–Kier alpha value is -0.790. The van der Waals surface area contributed by atoms with Crippen LogP contribution in [0, 0.1) is 0 Å². The van der Waals surface area contributed by atoms with Crippen molar-refractivity contribution in [3.63, 3.8) is 0 Å². The van der Waals surface area contributed by atoms with Crippen molar-refractivity contribution in [1.82, 2.24) is 9.55 Å². The topological polar surface area (TPSA) is 17.8 Å². The van der Waals surface area contributed by atoms with Gasteiger partial charge in [-0.1, -0.05) is 220 Å². The lowest BCUT2D eigenvalue weighted by Crippen LogP contribution is -2.13. The fraction of sp³-hybridized carbons (Fsp3) is 0.930. The van der Waals surface area contributed by atoms with Gasteiger partial charge in [-0.05, 0) is 26.2 Å². The van der Waals surface area contributed by atoms with E-state index < -0.39 is 0 Å². The Morgan fingerprint density at radius 2 is 0.711 bits per heavy atom. The van der Waals surface area contributed by atoms with E-state index in [-0.39, 0.29) is 0 Å². The van der Waals surface area contributed by atoms with Crippen LogP contribution in [-0.2, 0) is 0 Å². The van der Waals surface area contributed by atoms with Gasteiger partial charge in [-0.25, -0.2) is 4.98 Å². The van der Waals surface area contributed by atoms with Crippen molar-refractivity contribution in [3.8, 4) is 0 Å². The zero-order chi connectivity index (χ0) is 32.5. The van der Waals surface area contributed by atoms with Crippen LogP contribution >= 0.6 is 0 Å². The summed E-state index contributed by atoms with van der Waals surface area (Å²) in [5.41, 5.74) is 0. The van der Waals surface area contributed by atoms with Crippen molar-refractivity contribution in [2.45, 2.75) is 258 Å². The molecule has 2 nitrogen and oxygen atoms in total. The third-order valence-corrected chi connectivity index (χ3v) is 10.6. The molecule has 0 aromatic carbocycles. The third kappa shape index (κ3) is 25.0. The van der Waals surface area contributed by atoms with Crippen LogP contribution in [0.5, 0.6) is 0 Å². The van der Waals surface area contributed by atoms with Crippen LogP contribution in [0.2, 0.25) is 0 Å². The predicted octanol–water partition coefficient (Wildman–Crippen LogP) is 15.9. The smallest absolute Gasteiger partial charge is 0.111 e. The number of hydrogen-bond donors (Lipinski definition) is 0. The maximum absolute atomic E-state index is 5.01. The molecule has 1 rings (SSSR count). The number of nitrogens with zero attached hydrogens (tertiary/aromatic N) is 2. The van der Waals surface area contributed by atoms with E-state index in [2.05, 4.69) is 44.7 Å². The van der Waals surface area contributed by atoms with Crippen LogP contribution in [0.25, 0.3) is 0 Å². The molecule has 0 aliphatic heterocycles. The van der Waals surface area contributed by atoms with Gasteiger partial charge in [0, 0.05) is 24.4 Å². The average molecular weight is 629 g/mol. The van der Waals surface area contributed by atoms with Gasteiger partial charge in [-0.2, -0.15) is 0 Å². The highest BCUT2D eigenvalue weighted by molar-refractivity contribution is 5.02. The quantitative estimate of drug-likeness (QED) is 0.0676. The maximum Gasteiger partial charge on any atom is 0.111 e. The molecule has 0 saturated carbocycles. The van der Waals surface area contributed by atoms with Crippen LogP contribution in [-0.4, -0.2) is 9.55 Å². The molecule has 0 bridgehead atoms. The largest absolute Gasteiger partial charge is 0.332 e. The van der Waals surface area contributed by atoms with Crippen LogP contribution < -0.4 is 0 Å². The van der Waals surface area contributed by atoms with Gasteiger partial charge in [0.25, 0.3) is 0 Å². The van der Waals surface area contributed by atoms with Crippen molar-refractivity contribution in [2.75, 3.05) is 0 Å². The molecule has 0 saturated heterocycles. The molecule has 0 fully saturated rings. The van der Waals surface area contributed by atoms with E-state index in [9.17, 15) is 0 Å². The molecule has 0 N–H and O–H groups in total. The van der Waals surface area contributed by atoms with Crippen LogP contribution in [0.1, 0.15) is 264 Å². The highest BCUT2D eigenvalue weighted by Gasteiger charge is 2.19. The van der Waals surface area contributed by atoms with E-state index in [1.807, 2.05) is 0 Å². The van der Waals surface area contributed by atoms with Gasteiger partial charge in [0.2, 0.25) is 0 Å². The summed E-state index contributed by atoms with van der Waals surface area (Å²) in [6.07, 6.45) is 52.7. The van der Waals surface area contributed by atoms with Crippen molar-refractivity contribution >= 4 is 0 Å². The third-order valence-electron chi connectivity index (χ3n) is 10.6. The maximum atomic E-state index is 5.01. The minimum absolute atomic E-state index is 0.588. The summed E-state index contributed by atoms with van der Waals surface area (Å²) in [5, 5.41) is 0. The molecule has 0 radical (unpaired) electrons. The summed E-state index contributed by atoms with van der Waals surface area (Å²) < 4.78 is 2.57. The molecule has 266 valence electrons. The van der Waals surface area contributed by atoms with Crippen molar-refractivity contribution in [1.29, 1.82) is 0 Å². The average Bonchev–Trinajstić information content (AvgIpc) is 3.54. The Balaban J connectivity index is 2.32. The first-order valence-electron chi connectivity index (χ1n) is 21.3. The lowest BCUT2D eigenvalue weighted by atomic mass is 9.92. The fourth-order valence-corrected chi connectivity index (χ4v) is 7.42. The Labute approximate surface area is 285 Å². The Morgan fingerprint density at radius 3 is 1.07 bits per heavy atom. The van der Waals surface area contributed by atoms with E-state index in [1.54, 1.807) is 0 Å². The molecule has 0 aliphatic carbocycles. The normalized spacial score (nSPS) is 13.1. The lowest BCUT2D eigenvalue weighted by Gasteiger charge is -2.22. The lowest BCUT2D eigenvalue weighted by molar-refractivity contribution is 0.413. The Morgan fingerprint density at radius 1 is 0.422 bits per heavy atom. The fourth-order valence-electron chi connectivity index (χ4n) is 7.42. The summed E-state index contributed by atoms with van der Waals surface area (Å²) in [4.78, 5) is 5.01. The molecule has 0 amide bonds. The van der Waals surface area contributed by atoms with E-state index in [0.29, 0.717) is 12.0 Å². The van der Waals surface area contributed by atoms with Gasteiger partial charge in [0.05, 0.1) is 0 Å². The summed E-state index contributed by atoms with van der Waals surface area (Å²) in [7, 11) is 0. The zero-order valence-electron chi connectivity index (χ0n) is 31.7. The highest BCUT2D eigenvalue weighted by atomic mass is 15.1. The van der Waals surface area contributed by atoms with Crippen LogP contribution in [0.3, 0.4) is 0 Å². The second kappa shape index (κ2) is 33.1. The number of aromatic nitrogens is 2. The molecule has 0 aliphatic rings. The minimum atomic E-state index is 0.588. The van der Waals surface area contributed by atoms with Gasteiger partial charge in [0.15, 0.2) is 0 Å². The molecule has 2 unspecified atom stereocenters. The molecule has 2 atom stereocenters. The number of hydrogen-bond acceptors (Lipinski definition) is 1. The molecule has 1 heterocycles. The monoisotopic (exact) mass is 629 g/mol. The Kier molecular flexibility index (Phi) is 31.1. The zero-order valence-corrected chi connectivity index (χ0v) is 31.7. The molecule has 45 heavy (non-hydrogen) atoms. The number of imidazole rings is 1. The summed E-state index contributed by atoms with van der Waals surface area (Å²) in [6.45, 7) is 9.38. The summed E-state index contributed by atoms with van der Waals surface area (Å²) in [6, 6.07) is 0.588. The van der Waals surface area contributed by atoms with Gasteiger partial charge < -0.3 is 4.57 Å². The van der Waals surface area contributed by atoms with E-state index in [4.69, 9.17) is 4.98 Å². The first-order valence-corrected chi connectivity index (χ1v) is 21.3. The van der Waals surface area contributed by atoms with Crippen LogP contribution in [0.4, 0.5) is 0 Å². The van der Waals surface area contributed by atoms with E-state index >= 15 is 0 Å². The second-order valence-electron chi connectivity index (χ2n) is 15.0. The molecular formula is C43H84N2. The van der Waals surface area contributed by atoms with E-state index in [0.717, 1.165) is 0 Å². The molecule has 1 aromatic heterocycles. The van der Waals surface area contributed by atoms with Crippen molar-refractivity contribution in [3.05, 3.63) is 18.2 Å². The predicted molar refractivity (Wildman–Crippen MR) is 204 cm³/mol. The Bertz CT molecular complexity index is 694. The molecule has 0 spiro atoms. The van der Waals surface area contributed by atoms with Gasteiger partial charge in [-0.3, -0.25) is 0 Å². The van der Waals surface area contributed by atoms with Gasteiger partial charge >= 0.3 is 0 Å². The number of unbranched alkanes of at least 4 members (excludes halogenated alkanes) is 28. The first-order chi connectivity index (χ1) is 22.2. The minimum Gasteiger partial charge on any atom is -0.332 e. The second-order valence-corrected chi connectivity index (χ2v) is 15.0. The van der Waals surface area contributed by atoms with Crippen molar-refractivity contribution < 1.29 is 0 Å².